The number of aromatic hydroxyl groups is 1. The van der Waals surface area contributed by atoms with Gasteiger partial charge in [-0.05, 0) is 13.8 Å². The van der Waals surface area contributed by atoms with E-state index in [0.717, 1.165) is 16.5 Å². The lowest BCUT2D eigenvalue weighted by Gasteiger charge is -2.13. The van der Waals surface area contributed by atoms with Crippen molar-refractivity contribution < 1.29 is 14.6 Å². The zero-order chi connectivity index (χ0) is 12.3. The second kappa shape index (κ2) is 4.95. The van der Waals surface area contributed by atoms with Gasteiger partial charge in [-0.3, -0.25) is 0 Å². The second-order valence-electron chi connectivity index (χ2n) is 3.63. The van der Waals surface area contributed by atoms with Gasteiger partial charge in [0.25, 0.3) is 0 Å². The first-order valence-electron chi connectivity index (χ1n) is 5.78. The van der Waals surface area contributed by atoms with Crippen LogP contribution in [0.4, 0.5) is 0 Å². The lowest BCUT2D eigenvalue weighted by atomic mass is 10.1. The average molecular weight is 232 g/mol. The molecule has 0 saturated heterocycles. The molecule has 3 heteroatoms. The predicted molar refractivity (Wildman–Crippen MR) is 68.0 cm³/mol. The zero-order valence-corrected chi connectivity index (χ0v) is 10.1. The quantitative estimate of drug-likeness (QED) is 0.878. The molecule has 0 aliphatic heterocycles. The maximum Gasteiger partial charge on any atom is 0.165 e. The first-order chi connectivity index (χ1) is 8.27. The standard InChI is InChI=1S/C14H16O3/c1-3-16-12-9-13(17-4-2)14(15)11-8-6-5-7-10(11)12/h5-9,15H,3-4H2,1-2H3. The summed E-state index contributed by atoms with van der Waals surface area (Å²) in [5.41, 5.74) is 0. The van der Waals surface area contributed by atoms with Crippen LogP contribution in [0.1, 0.15) is 13.8 Å². The molecule has 0 amide bonds. The van der Waals surface area contributed by atoms with E-state index in [2.05, 4.69) is 0 Å². The molecule has 0 heterocycles. The monoisotopic (exact) mass is 232 g/mol. The maximum atomic E-state index is 10.1. The Kier molecular flexibility index (Phi) is 3.38. The summed E-state index contributed by atoms with van der Waals surface area (Å²) < 4.78 is 11.0. The van der Waals surface area contributed by atoms with Crippen LogP contribution in [0.3, 0.4) is 0 Å². The summed E-state index contributed by atoms with van der Waals surface area (Å²) in [6.45, 7) is 4.91. The van der Waals surface area contributed by atoms with Crippen molar-refractivity contribution in [3.8, 4) is 17.2 Å². The van der Waals surface area contributed by atoms with Crippen LogP contribution in [0.2, 0.25) is 0 Å². The fraction of sp³-hybridized carbons (Fsp3) is 0.286. The largest absolute Gasteiger partial charge is 0.504 e. The SMILES string of the molecule is CCOc1cc(OCC)c2ccccc2c1O. The van der Waals surface area contributed by atoms with Crippen LogP contribution < -0.4 is 9.47 Å². The molecule has 0 aliphatic rings. The average Bonchev–Trinajstić information content (AvgIpc) is 2.36. The number of hydrogen-bond acceptors (Lipinski definition) is 3. The highest BCUT2D eigenvalue weighted by Crippen LogP contribution is 2.40. The van der Waals surface area contributed by atoms with Gasteiger partial charge in [0, 0.05) is 16.8 Å². The molecule has 0 spiro atoms. The van der Waals surface area contributed by atoms with E-state index in [-0.39, 0.29) is 5.75 Å². The molecule has 0 aliphatic carbocycles. The molecule has 0 unspecified atom stereocenters. The Morgan fingerprint density at radius 3 is 2.18 bits per heavy atom. The molecule has 0 bridgehead atoms. The Balaban J connectivity index is 2.66. The summed E-state index contributed by atoms with van der Waals surface area (Å²) in [4.78, 5) is 0. The lowest BCUT2D eigenvalue weighted by Crippen LogP contribution is -1.96. The number of fused-ring (bicyclic) bond motifs is 1. The molecule has 0 radical (unpaired) electrons. The van der Waals surface area contributed by atoms with Crippen LogP contribution in [0, 0.1) is 0 Å². The predicted octanol–water partition coefficient (Wildman–Crippen LogP) is 3.34. The molecule has 90 valence electrons. The van der Waals surface area contributed by atoms with Gasteiger partial charge >= 0.3 is 0 Å². The van der Waals surface area contributed by atoms with Crippen LogP contribution in [0.25, 0.3) is 10.8 Å². The summed E-state index contributed by atoms with van der Waals surface area (Å²) in [6.07, 6.45) is 0. The summed E-state index contributed by atoms with van der Waals surface area (Å²) >= 11 is 0. The minimum absolute atomic E-state index is 0.172. The highest BCUT2D eigenvalue weighted by atomic mass is 16.5. The van der Waals surface area contributed by atoms with Gasteiger partial charge in [0.15, 0.2) is 11.5 Å². The molecular weight excluding hydrogens is 216 g/mol. The maximum absolute atomic E-state index is 10.1. The van der Waals surface area contributed by atoms with Crippen LogP contribution in [0.15, 0.2) is 30.3 Å². The van der Waals surface area contributed by atoms with Gasteiger partial charge in [0.2, 0.25) is 0 Å². The number of hydrogen-bond donors (Lipinski definition) is 1. The van der Waals surface area contributed by atoms with Crippen molar-refractivity contribution in [3.05, 3.63) is 30.3 Å². The van der Waals surface area contributed by atoms with E-state index in [1.54, 1.807) is 6.07 Å². The molecule has 0 saturated carbocycles. The normalized spacial score (nSPS) is 10.5. The van der Waals surface area contributed by atoms with Crippen molar-refractivity contribution in [2.45, 2.75) is 13.8 Å². The van der Waals surface area contributed by atoms with Gasteiger partial charge in [-0.15, -0.1) is 0 Å². The van der Waals surface area contributed by atoms with Gasteiger partial charge in [-0.1, -0.05) is 24.3 Å². The van der Waals surface area contributed by atoms with Gasteiger partial charge in [-0.2, -0.15) is 0 Å². The summed E-state index contributed by atoms with van der Waals surface area (Å²) in [6, 6.07) is 9.33. The Bertz CT molecular complexity index is 520. The highest BCUT2D eigenvalue weighted by molar-refractivity contribution is 5.95. The number of phenols is 1. The van der Waals surface area contributed by atoms with Crippen molar-refractivity contribution in [2.24, 2.45) is 0 Å². The molecule has 0 aromatic heterocycles. The number of ether oxygens (including phenoxy) is 2. The Labute approximate surface area is 101 Å². The smallest absolute Gasteiger partial charge is 0.165 e. The molecular formula is C14H16O3. The Hall–Kier alpha value is -1.90. The third kappa shape index (κ3) is 2.13. The van der Waals surface area contributed by atoms with E-state index < -0.39 is 0 Å². The van der Waals surface area contributed by atoms with E-state index in [0.29, 0.717) is 19.0 Å². The molecule has 0 fully saturated rings. The van der Waals surface area contributed by atoms with Gasteiger partial charge < -0.3 is 14.6 Å². The topological polar surface area (TPSA) is 38.7 Å². The molecule has 1 N–H and O–H groups in total. The van der Waals surface area contributed by atoms with Crippen molar-refractivity contribution in [2.75, 3.05) is 13.2 Å². The zero-order valence-electron chi connectivity index (χ0n) is 10.1. The van der Waals surface area contributed by atoms with Crippen molar-refractivity contribution in [3.63, 3.8) is 0 Å². The van der Waals surface area contributed by atoms with Crippen LogP contribution in [-0.4, -0.2) is 18.3 Å². The van der Waals surface area contributed by atoms with Crippen molar-refractivity contribution in [1.82, 2.24) is 0 Å². The van der Waals surface area contributed by atoms with Crippen molar-refractivity contribution in [1.29, 1.82) is 0 Å². The third-order valence-corrected chi connectivity index (χ3v) is 2.54. The summed E-state index contributed by atoms with van der Waals surface area (Å²) in [7, 11) is 0. The van der Waals surface area contributed by atoms with E-state index >= 15 is 0 Å². The molecule has 2 aromatic rings. The number of benzene rings is 2. The fourth-order valence-corrected chi connectivity index (χ4v) is 1.84. The van der Waals surface area contributed by atoms with Crippen LogP contribution in [-0.2, 0) is 0 Å². The van der Waals surface area contributed by atoms with E-state index in [1.807, 2.05) is 38.1 Å². The summed E-state index contributed by atoms with van der Waals surface area (Å²) in [5.74, 6) is 1.38. The molecule has 2 rings (SSSR count). The first-order valence-corrected chi connectivity index (χ1v) is 5.78. The number of phenolic OH excluding ortho intramolecular Hbond substituents is 1. The van der Waals surface area contributed by atoms with Crippen LogP contribution in [0.5, 0.6) is 17.2 Å². The van der Waals surface area contributed by atoms with Crippen molar-refractivity contribution >= 4 is 10.8 Å². The van der Waals surface area contributed by atoms with E-state index in [1.165, 1.54) is 0 Å². The fourth-order valence-electron chi connectivity index (χ4n) is 1.84. The Morgan fingerprint density at radius 2 is 1.53 bits per heavy atom. The first kappa shape index (κ1) is 11.6. The number of rotatable bonds is 4. The second-order valence-corrected chi connectivity index (χ2v) is 3.63. The van der Waals surface area contributed by atoms with Gasteiger partial charge in [0.05, 0.1) is 13.2 Å². The molecule has 0 atom stereocenters. The minimum atomic E-state index is 0.172. The highest BCUT2D eigenvalue weighted by Gasteiger charge is 2.12. The lowest BCUT2D eigenvalue weighted by molar-refractivity contribution is 0.311. The Morgan fingerprint density at radius 1 is 0.941 bits per heavy atom. The molecule has 3 nitrogen and oxygen atoms in total. The minimum Gasteiger partial charge on any atom is -0.504 e. The van der Waals surface area contributed by atoms with Gasteiger partial charge in [-0.25, -0.2) is 0 Å². The van der Waals surface area contributed by atoms with E-state index in [9.17, 15) is 5.11 Å². The molecule has 2 aromatic carbocycles. The summed E-state index contributed by atoms with van der Waals surface area (Å²) in [5, 5.41) is 11.7. The molecule has 17 heavy (non-hydrogen) atoms. The van der Waals surface area contributed by atoms with Gasteiger partial charge in [0.1, 0.15) is 5.75 Å². The third-order valence-electron chi connectivity index (χ3n) is 2.54. The van der Waals surface area contributed by atoms with Crippen LogP contribution >= 0.6 is 0 Å². The van der Waals surface area contributed by atoms with E-state index in [4.69, 9.17) is 9.47 Å².